The predicted octanol–water partition coefficient (Wildman–Crippen LogP) is 2.42. The molecule has 1 heterocycles. The Morgan fingerprint density at radius 1 is 1.00 bits per heavy atom. The molecule has 1 saturated heterocycles. The summed E-state index contributed by atoms with van der Waals surface area (Å²) in [7, 11) is -4.16. The number of piperazine rings is 1. The van der Waals surface area contributed by atoms with Crippen LogP contribution in [-0.4, -0.2) is 49.7 Å². The Bertz CT molecular complexity index is 939. The van der Waals surface area contributed by atoms with Crippen LogP contribution in [0.5, 0.6) is 0 Å². The summed E-state index contributed by atoms with van der Waals surface area (Å²) in [6, 6.07) is 9.49. The van der Waals surface area contributed by atoms with E-state index in [0.29, 0.717) is 11.6 Å². The molecule has 5 nitrogen and oxygen atoms in total. The fraction of sp³-hybridized carbons (Fsp3) is 0.278. The van der Waals surface area contributed by atoms with Crippen molar-refractivity contribution in [2.45, 2.75) is 11.8 Å². The summed E-state index contributed by atoms with van der Waals surface area (Å²) in [5.41, 5.74) is 1.50. The van der Waals surface area contributed by atoms with Gasteiger partial charge in [0.15, 0.2) is 0 Å². The largest absolute Gasteiger partial charge is 0.336 e. The highest BCUT2D eigenvalue weighted by molar-refractivity contribution is 7.89. The van der Waals surface area contributed by atoms with Crippen LogP contribution < -0.4 is 0 Å². The molecule has 0 N–H and O–H groups in total. The molecule has 26 heavy (non-hydrogen) atoms. The molecule has 0 aromatic heterocycles. The monoisotopic (exact) mass is 380 g/mol. The van der Waals surface area contributed by atoms with Crippen molar-refractivity contribution in [2.24, 2.45) is 0 Å². The molecular formula is C18H18F2N2O3S. The standard InChI is InChI=1S/C18H18F2N2O3S/c1-13-3-2-4-14(11-13)18(23)21-7-9-22(10-8-21)26(24,25)17-12-15(19)5-6-16(17)20/h2-6,11-12H,7-10H2,1H3. The number of aryl methyl sites for hydroxylation is 1. The van der Waals surface area contributed by atoms with Crippen LogP contribution in [0.2, 0.25) is 0 Å². The Labute approximate surface area is 150 Å². The second-order valence-electron chi connectivity index (χ2n) is 6.14. The molecule has 0 aliphatic carbocycles. The molecular weight excluding hydrogens is 362 g/mol. The molecule has 3 rings (SSSR count). The number of halogens is 2. The zero-order valence-corrected chi connectivity index (χ0v) is 15.0. The maximum Gasteiger partial charge on any atom is 0.253 e. The van der Waals surface area contributed by atoms with Crippen LogP contribution in [0, 0.1) is 18.6 Å². The van der Waals surface area contributed by atoms with Gasteiger partial charge in [0, 0.05) is 31.7 Å². The SMILES string of the molecule is Cc1cccc(C(=O)N2CCN(S(=O)(=O)c3cc(F)ccc3F)CC2)c1. The van der Waals surface area contributed by atoms with Crippen LogP contribution in [0.25, 0.3) is 0 Å². The molecule has 138 valence electrons. The average Bonchev–Trinajstić information content (AvgIpc) is 2.63. The van der Waals surface area contributed by atoms with E-state index in [9.17, 15) is 22.0 Å². The number of rotatable bonds is 3. The smallest absolute Gasteiger partial charge is 0.253 e. The molecule has 1 fully saturated rings. The van der Waals surface area contributed by atoms with Crippen LogP contribution in [0.1, 0.15) is 15.9 Å². The molecule has 2 aromatic carbocycles. The van der Waals surface area contributed by atoms with Gasteiger partial charge in [-0.1, -0.05) is 17.7 Å². The van der Waals surface area contributed by atoms with E-state index in [0.717, 1.165) is 22.0 Å². The molecule has 0 spiro atoms. The van der Waals surface area contributed by atoms with Gasteiger partial charge in [0.25, 0.3) is 5.91 Å². The van der Waals surface area contributed by atoms with Crippen molar-refractivity contribution >= 4 is 15.9 Å². The van der Waals surface area contributed by atoms with Crippen molar-refractivity contribution in [2.75, 3.05) is 26.2 Å². The van der Waals surface area contributed by atoms with Crippen molar-refractivity contribution in [1.29, 1.82) is 0 Å². The van der Waals surface area contributed by atoms with Gasteiger partial charge in [0.05, 0.1) is 0 Å². The lowest BCUT2D eigenvalue weighted by Crippen LogP contribution is -2.50. The van der Waals surface area contributed by atoms with Gasteiger partial charge in [-0.05, 0) is 37.3 Å². The van der Waals surface area contributed by atoms with E-state index in [2.05, 4.69) is 0 Å². The van der Waals surface area contributed by atoms with Crippen molar-refractivity contribution in [3.05, 3.63) is 65.2 Å². The lowest BCUT2D eigenvalue weighted by molar-refractivity contribution is 0.0697. The van der Waals surface area contributed by atoms with E-state index < -0.39 is 26.6 Å². The number of benzene rings is 2. The third-order valence-electron chi connectivity index (χ3n) is 4.30. The summed E-state index contributed by atoms with van der Waals surface area (Å²) in [6.07, 6.45) is 0. The lowest BCUT2D eigenvalue weighted by atomic mass is 10.1. The molecule has 0 atom stereocenters. The molecule has 1 amide bonds. The fourth-order valence-corrected chi connectivity index (χ4v) is 4.40. The zero-order chi connectivity index (χ0) is 18.9. The van der Waals surface area contributed by atoms with Gasteiger partial charge in [-0.2, -0.15) is 4.31 Å². The van der Waals surface area contributed by atoms with E-state index in [-0.39, 0.29) is 32.1 Å². The number of sulfonamides is 1. The predicted molar refractivity (Wildman–Crippen MR) is 92.2 cm³/mol. The number of carbonyl (C=O) groups excluding carboxylic acids is 1. The first-order valence-electron chi connectivity index (χ1n) is 8.10. The Morgan fingerprint density at radius 2 is 1.69 bits per heavy atom. The minimum absolute atomic E-state index is 0.0237. The van der Waals surface area contributed by atoms with Crippen LogP contribution in [0.4, 0.5) is 8.78 Å². The minimum atomic E-state index is -4.16. The van der Waals surface area contributed by atoms with Gasteiger partial charge in [-0.25, -0.2) is 17.2 Å². The molecule has 1 aliphatic heterocycles. The first-order valence-corrected chi connectivity index (χ1v) is 9.54. The van der Waals surface area contributed by atoms with Crippen molar-refractivity contribution in [3.8, 4) is 0 Å². The van der Waals surface area contributed by atoms with Crippen LogP contribution in [-0.2, 0) is 10.0 Å². The highest BCUT2D eigenvalue weighted by Crippen LogP contribution is 2.22. The average molecular weight is 380 g/mol. The van der Waals surface area contributed by atoms with Gasteiger partial charge in [-0.3, -0.25) is 4.79 Å². The number of hydrogen-bond donors (Lipinski definition) is 0. The summed E-state index contributed by atoms with van der Waals surface area (Å²) in [5.74, 6) is -1.99. The molecule has 8 heteroatoms. The van der Waals surface area contributed by atoms with Gasteiger partial charge >= 0.3 is 0 Å². The second kappa shape index (κ2) is 7.13. The summed E-state index contributed by atoms with van der Waals surface area (Å²) >= 11 is 0. The van der Waals surface area contributed by atoms with Crippen LogP contribution in [0.15, 0.2) is 47.4 Å². The van der Waals surface area contributed by atoms with Gasteiger partial charge in [0.2, 0.25) is 10.0 Å². The summed E-state index contributed by atoms with van der Waals surface area (Å²) < 4.78 is 53.4. The minimum Gasteiger partial charge on any atom is -0.336 e. The number of hydrogen-bond acceptors (Lipinski definition) is 3. The van der Waals surface area contributed by atoms with E-state index in [1.807, 2.05) is 13.0 Å². The zero-order valence-electron chi connectivity index (χ0n) is 14.2. The Balaban J connectivity index is 1.74. The van der Waals surface area contributed by atoms with Crippen LogP contribution in [0.3, 0.4) is 0 Å². The van der Waals surface area contributed by atoms with Gasteiger partial charge in [-0.15, -0.1) is 0 Å². The summed E-state index contributed by atoms with van der Waals surface area (Å²) in [4.78, 5) is 13.4. The number of carbonyl (C=O) groups is 1. The third kappa shape index (κ3) is 3.61. The summed E-state index contributed by atoms with van der Waals surface area (Å²) in [5, 5.41) is 0. The lowest BCUT2D eigenvalue weighted by Gasteiger charge is -2.34. The molecule has 1 aliphatic rings. The molecule has 0 unspecified atom stereocenters. The van der Waals surface area contributed by atoms with E-state index in [4.69, 9.17) is 0 Å². The van der Waals surface area contributed by atoms with E-state index >= 15 is 0 Å². The van der Waals surface area contributed by atoms with E-state index in [1.54, 1.807) is 23.1 Å². The fourth-order valence-electron chi connectivity index (χ4n) is 2.91. The summed E-state index contributed by atoms with van der Waals surface area (Å²) in [6.45, 7) is 2.30. The quantitative estimate of drug-likeness (QED) is 0.822. The van der Waals surface area contributed by atoms with E-state index in [1.165, 1.54) is 0 Å². The first-order chi connectivity index (χ1) is 12.3. The second-order valence-corrected chi connectivity index (χ2v) is 8.05. The molecule has 2 aromatic rings. The Morgan fingerprint density at radius 3 is 2.35 bits per heavy atom. The molecule has 0 radical (unpaired) electrons. The molecule has 0 bridgehead atoms. The maximum atomic E-state index is 13.8. The maximum absolute atomic E-state index is 13.8. The molecule has 0 saturated carbocycles. The van der Waals surface area contributed by atoms with Crippen molar-refractivity contribution in [1.82, 2.24) is 9.21 Å². The highest BCUT2D eigenvalue weighted by Gasteiger charge is 2.32. The van der Waals surface area contributed by atoms with Gasteiger partial charge in [0.1, 0.15) is 16.5 Å². The van der Waals surface area contributed by atoms with Crippen LogP contribution >= 0.6 is 0 Å². The normalized spacial score (nSPS) is 15.9. The van der Waals surface area contributed by atoms with Gasteiger partial charge < -0.3 is 4.90 Å². The topological polar surface area (TPSA) is 57.7 Å². The first kappa shape index (κ1) is 18.5. The van der Waals surface area contributed by atoms with Crippen molar-refractivity contribution in [3.63, 3.8) is 0 Å². The Kier molecular flexibility index (Phi) is 5.06. The Hall–Kier alpha value is -2.32. The van der Waals surface area contributed by atoms with Crippen molar-refractivity contribution < 1.29 is 22.0 Å². The number of nitrogens with zero attached hydrogens (tertiary/aromatic N) is 2. The highest BCUT2D eigenvalue weighted by atomic mass is 32.2. The number of amides is 1. The third-order valence-corrected chi connectivity index (χ3v) is 6.22.